The quantitative estimate of drug-likeness (QED) is 0.733. The molecule has 1 aromatic rings. The Balaban J connectivity index is 1.84. The SMILES string of the molecule is COC(=O)C1C(C)C1c1ccc2c(c1)OCO2. The van der Waals surface area contributed by atoms with E-state index in [2.05, 4.69) is 6.92 Å². The Kier molecular flexibility index (Phi) is 2.24. The molecule has 1 heterocycles. The Labute approximate surface area is 99.5 Å². The Morgan fingerprint density at radius 2 is 2.12 bits per heavy atom. The Morgan fingerprint density at radius 1 is 1.35 bits per heavy atom. The van der Waals surface area contributed by atoms with Gasteiger partial charge in [0.2, 0.25) is 6.79 Å². The van der Waals surface area contributed by atoms with E-state index in [4.69, 9.17) is 14.2 Å². The number of rotatable bonds is 2. The summed E-state index contributed by atoms with van der Waals surface area (Å²) >= 11 is 0. The van der Waals surface area contributed by atoms with Crippen LogP contribution in [0.15, 0.2) is 18.2 Å². The van der Waals surface area contributed by atoms with Crippen molar-refractivity contribution in [3.8, 4) is 11.5 Å². The standard InChI is InChI=1S/C13H14O4/c1-7-11(12(7)13(14)15-2)8-3-4-9-10(5-8)17-6-16-9/h3-5,7,11-12H,6H2,1-2H3. The van der Waals surface area contributed by atoms with Gasteiger partial charge in [-0.05, 0) is 23.6 Å². The molecule has 4 heteroatoms. The van der Waals surface area contributed by atoms with Gasteiger partial charge in [0.1, 0.15) is 0 Å². The van der Waals surface area contributed by atoms with E-state index in [1.807, 2.05) is 18.2 Å². The van der Waals surface area contributed by atoms with Crippen LogP contribution >= 0.6 is 0 Å². The van der Waals surface area contributed by atoms with Crippen LogP contribution in [-0.2, 0) is 9.53 Å². The van der Waals surface area contributed by atoms with E-state index in [1.165, 1.54) is 7.11 Å². The van der Waals surface area contributed by atoms with Gasteiger partial charge >= 0.3 is 5.97 Å². The number of carbonyl (C=O) groups is 1. The number of carbonyl (C=O) groups excluding carboxylic acids is 1. The predicted octanol–water partition coefficient (Wildman–Crippen LogP) is 1.94. The van der Waals surface area contributed by atoms with Gasteiger partial charge in [-0.2, -0.15) is 0 Å². The Bertz CT molecular complexity index is 468. The predicted molar refractivity (Wildman–Crippen MR) is 60.0 cm³/mol. The molecule has 1 aliphatic heterocycles. The third kappa shape index (κ3) is 1.55. The number of hydrogen-bond acceptors (Lipinski definition) is 4. The molecule has 0 N–H and O–H groups in total. The lowest BCUT2D eigenvalue weighted by Crippen LogP contribution is -2.04. The summed E-state index contributed by atoms with van der Waals surface area (Å²) in [6.07, 6.45) is 0. The molecular formula is C13H14O4. The minimum absolute atomic E-state index is 0.0135. The number of hydrogen-bond donors (Lipinski definition) is 0. The molecule has 3 unspecified atom stereocenters. The van der Waals surface area contributed by atoms with Crippen LogP contribution in [-0.4, -0.2) is 19.9 Å². The average molecular weight is 234 g/mol. The maximum Gasteiger partial charge on any atom is 0.309 e. The number of benzene rings is 1. The molecule has 1 saturated carbocycles. The molecule has 17 heavy (non-hydrogen) atoms. The molecule has 0 aromatic heterocycles. The molecule has 1 aromatic carbocycles. The fourth-order valence-electron chi connectivity index (χ4n) is 2.59. The summed E-state index contributed by atoms with van der Waals surface area (Å²) in [5.41, 5.74) is 1.12. The van der Waals surface area contributed by atoms with Crippen molar-refractivity contribution in [1.29, 1.82) is 0 Å². The second-order valence-corrected chi connectivity index (χ2v) is 4.55. The summed E-state index contributed by atoms with van der Waals surface area (Å²) in [5, 5.41) is 0. The number of fused-ring (bicyclic) bond motifs is 1. The summed E-state index contributed by atoms with van der Waals surface area (Å²) in [7, 11) is 1.43. The first-order chi connectivity index (χ1) is 8.22. The van der Waals surface area contributed by atoms with Crippen molar-refractivity contribution in [1.82, 2.24) is 0 Å². The van der Waals surface area contributed by atoms with Crippen LogP contribution in [0, 0.1) is 11.8 Å². The highest BCUT2D eigenvalue weighted by Crippen LogP contribution is 2.55. The summed E-state index contributed by atoms with van der Waals surface area (Å²) < 4.78 is 15.4. The van der Waals surface area contributed by atoms with E-state index < -0.39 is 0 Å². The van der Waals surface area contributed by atoms with Gasteiger partial charge in [0.25, 0.3) is 0 Å². The van der Waals surface area contributed by atoms with E-state index >= 15 is 0 Å². The van der Waals surface area contributed by atoms with Gasteiger partial charge in [-0.15, -0.1) is 0 Å². The van der Waals surface area contributed by atoms with E-state index in [9.17, 15) is 4.79 Å². The molecule has 3 rings (SSSR count). The number of ether oxygens (including phenoxy) is 3. The van der Waals surface area contributed by atoms with Crippen LogP contribution in [0.3, 0.4) is 0 Å². The maximum atomic E-state index is 11.5. The largest absolute Gasteiger partial charge is 0.469 e. The monoisotopic (exact) mass is 234 g/mol. The lowest BCUT2D eigenvalue weighted by atomic mass is 10.1. The minimum atomic E-state index is -0.125. The van der Waals surface area contributed by atoms with Crippen LogP contribution < -0.4 is 9.47 Å². The summed E-state index contributed by atoms with van der Waals surface area (Å²) in [6.45, 7) is 2.34. The number of esters is 1. The molecule has 4 nitrogen and oxygen atoms in total. The minimum Gasteiger partial charge on any atom is -0.469 e. The van der Waals surface area contributed by atoms with Crippen LogP contribution in [0.25, 0.3) is 0 Å². The zero-order valence-electron chi connectivity index (χ0n) is 9.80. The first-order valence-electron chi connectivity index (χ1n) is 5.69. The van der Waals surface area contributed by atoms with Crippen molar-refractivity contribution >= 4 is 5.97 Å². The summed E-state index contributed by atoms with van der Waals surface area (Å²) in [6, 6.07) is 5.86. The molecule has 0 spiro atoms. The maximum absolute atomic E-state index is 11.5. The van der Waals surface area contributed by atoms with Crippen molar-refractivity contribution < 1.29 is 19.0 Å². The lowest BCUT2D eigenvalue weighted by molar-refractivity contribution is -0.142. The van der Waals surface area contributed by atoms with Crippen molar-refractivity contribution in [3.63, 3.8) is 0 Å². The van der Waals surface area contributed by atoms with Gasteiger partial charge in [0.15, 0.2) is 11.5 Å². The van der Waals surface area contributed by atoms with Gasteiger partial charge < -0.3 is 14.2 Å². The first kappa shape index (κ1) is 10.4. The van der Waals surface area contributed by atoms with Crippen LogP contribution in [0.2, 0.25) is 0 Å². The number of methoxy groups -OCH3 is 1. The van der Waals surface area contributed by atoms with Crippen molar-refractivity contribution in [2.24, 2.45) is 11.8 Å². The summed E-state index contributed by atoms with van der Waals surface area (Å²) in [5.74, 6) is 1.99. The van der Waals surface area contributed by atoms with Crippen LogP contribution in [0.4, 0.5) is 0 Å². The fourth-order valence-corrected chi connectivity index (χ4v) is 2.59. The van der Waals surface area contributed by atoms with Gasteiger partial charge in [0, 0.05) is 5.92 Å². The van der Waals surface area contributed by atoms with Gasteiger partial charge in [0.05, 0.1) is 13.0 Å². The average Bonchev–Trinajstić information content (AvgIpc) is 2.81. The highest BCUT2D eigenvalue weighted by Gasteiger charge is 2.53. The molecule has 1 fully saturated rings. The second-order valence-electron chi connectivity index (χ2n) is 4.55. The molecule has 0 radical (unpaired) electrons. The summed E-state index contributed by atoms with van der Waals surface area (Å²) in [4.78, 5) is 11.5. The molecule has 3 atom stereocenters. The molecule has 2 aliphatic rings. The Morgan fingerprint density at radius 3 is 2.88 bits per heavy atom. The third-order valence-electron chi connectivity index (χ3n) is 3.63. The van der Waals surface area contributed by atoms with Crippen molar-refractivity contribution in [2.45, 2.75) is 12.8 Å². The van der Waals surface area contributed by atoms with E-state index in [0.29, 0.717) is 5.92 Å². The molecular weight excluding hydrogens is 220 g/mol. The van der Waals surface area contributed by atoms with Crippen LogP contribution in [0.5, 0.6) is 11.5 Å². The molecule has 1 aliphatic carbocycles. The van der Waals surface area contributed by atoms with Crippen molar-refractivity contribution in [2.75, 3.05) is 13.9 Å². The van der Waals surface area contributed by atoms with E-state index in [-0.39, 0.29) is 24.6 Å². The fraction of sp³-hybridized carbons (Fsp3) is 0.462. The molecule has 0 bridgehead atoms. The lowest BCUT2D eigenvalue weighted by Gasteiger charge is -2.02. The molecule has 0 amide bonds. The molecule has 0 saturated heterocycles. The van der Waals surface area contributed by atoms with Gasteiger partial charge in [-0.1, -0.05) is 13.0 Å². The van der Waals surface area contributed by atoms with Gasteiger partial charge in [-0.3, -0.25) is 4.79 Å². The van der Waals surface area contributed by atoms with E-state index in [0.717, 1.165) is 17.1 Å². The third-order valence-corrected chi connectivity index (χ3v) is 3.63. The Hall–Kier alpha value is -1.71. The van der Waals surface area contributed by atoms with E-state index in [1.54, 1.807) is 0 Å². The topological polar surface area (TPSA) is 44.8 Å². The van der Waals surface area contributed by atoms with Gasteiger partial charge in [-0.25, -0.2) is 0 Å². The van der Waals surface area contributed by atoms with Crippen LogP contribution in [0.1, 0.15) is 18.4 Å². The smallest absolute Gasteiger partial charge is 0.309 e. The molecule has 90 valence electrons. The zero-order chi connectivity index (χ0) is 12.0. The zero-order valence-corrected chi connectivity index (χ0v) is 9.80. The highest BCUT2D eigenvalue weighted by atomic mass is 16.7. The van der Waals surface area contributed by atoms with Crippen molar-refractivity contribution in [3.05, 3.63) is 23.8 Å². The normalized spacial score (nSPS) is 28.9. The highest BCUT2D eigenvalue weighted by molar-refractivity contribution is 5.78. The second kappa shape index (κ2) is 3.65. The first-order valence-corrected chi connectivity index (χ1v) is 5.69.